The van der Waals surface area contributed by atoms with Gasteiger partial charge in [0, 0.05) is 30.8 Å². The number of carbonyl (C=O) groups excluding carboxylic acids is 1. The summed E-state index contributed by atoms with van der Waals surface area (Å²) in [5.74, 6) is 0.233. The molecule has 1 aromatic carbocycles. The lowest BCUT2D eigenvalue weighted by atomic mass is 10.0. The maximum absolute atomic E-state index is 12.1. The Morgan fingerprint density at radius 2 is 1.89 bits per heavy atom. The van der Waals surface area contributed by atoms with Gasteiger partial charge in [-0.15, -0.1) is 0 Å². The standard InChI is InChI=1S/C16H21NO2/c18-15-8-5-11-17(12-16(19)9-3-4-10-16)14-7-2-1-6-13(14)15/h1-2,6-7,19H,3-5,8-12H2. The Balaban J connectivity index is 1.89. The second kappa shape index (κ2) is 4.97. The molecule has 1 aliphatic carbocycles. The van der Waals surface area contributed by atoms with Crippen molar-refractivity contribution in [1.29, 1.82) is 0 Å². The fraction of sp³-hybridized carbons (Fsp3) is 0.562. The van der Waals surface area contributed by atoms with Crippen molar-refractivity contribution >= 4 is 11.5 Å². The van der Waals surface area contributed by atoms with E-state index < -0.39 is 5.60 Å². The maximum atomic E-state index is 12.1. The molecule has 3 nitrogen and oxygen atoms in total. The minimum Gasteiger partial charge on any atom is -0.388 e. The molecule has 0 radical (unpaired) electrons. The Hall–Kier alpha value is -1.35. The van der Waals surface area contributed by atoms with Gasteiger partial charge >= 0.3 is 0 Å². The Morgan fingerprint density at radius 1 is 1.16 bits per heavy atom. The summed E-state index contributed by atoms with van der Waals surface area (Å²) in [6.45, 7) is 1.53. The zero-order valence-corrected chi connectivity index (χ0v) is 11.3. The van der Waals surface area contributed by atoms with E-state index in [0.717, 1.165) is 49.9 Å². The highest BCUT2D eigenvalue weighted by molar-refractivity contribution is 6.01. The molecular weight excluding hydrogens is 238 g/mol. The van der Waals surface area contributed by atoms with Crippen LogP contribution in [0.15, 0.2) is 24.3 Å². The number of fused-ring (bicyclic) bond motifs is 1. The predicted molar refractivity (Wildman–Crippen MR) is 75.6 cm³/mol. The molecule has 2 aliphatic rings. The van der Waals surface area contributed by atoms with Crippen LogP contribution in [0.2, 0.25) is 0 Å². The summed E-state index contributed by atoms with van der Waals surface area (Å²) in [6.07, 6.45) is 5.50. The number of benzene rings is 1. The van der Waals surface area contributed by atoms with Gasteiger partial charge in [-0.2, -0.15) is 0 Å². The SMILES string of the molecule is O=C1CCCN(CC2(O)CCCC2)c2ccccc21. The number of aliphatic hydroxyl groups is 1. The van der Waals surface area contributed by atoms with Crippen LogP contribution in [-0.4, -0.2) is 29.6 Å². The Morgan fingerprint density at radius 3 is 2.68 bits per heavy atom. The zero-order valence-electron chi connectivity index (χ0n) is 11.3. The van der Waals surface area contributed by atoms with E-state index in [-0.39, 0.29) is 5.78 Å². The van der Waals surface area contributed by atoms with Gasteiger partial charge in [-0.1, -0.05) is 25.0 Å². The first-order valence-corrected chi connectivity index (χ1v) is 7.28. The molecule has 1 aromatic rings. The highest BCUT2D eigenvalue weighted by Gasteiger charge is 2.34. The molecule has 1 saturated carbocycles. The summed E-state index contributed by atoms with van der Waals surface area (Å²) < 4.78 is 0. The van der Waals surface area contributed by atoms with Crippen molar-refractivity contribution in [3.8, 4) is 0 Å². The molecule has 0 aromatic heterocycles. The predicted octanol–water partition coefficient (Wildman–Crippen LogP) is 2.77. The lowest BCUT2D eigenvalue weighted by Crippen LogP contribution is -2.41. The van der Waals surface area contributed by atoms with Crippen LogP contribution in [0, 0.1) is 0 Å². The summed E-state index contributed by atoms with van der Waals surface area (Å²) in [6, 6.07) is 7.82. The topological polar surface area (TPSA) is 40.5 Å². The number of hydrogen-bond acceptors (Lipinski definition) is 3. The van der Waals surface area contributed by atoms with Crippen molar-refractivity contribution in [1.82, 2.24) is 0 Å². The third-order valence-corrected chi connectivity index (χ3v) is 4.40. The monoisotopic (exact) mass is 259 g/mol. The van der Waals surface area contributed by atoms with Gasteiger partial charge in [0.05, 0.1) is 5.60 Å². The molecule has 102 valence electrons. The van der Waals surface area contributed by atoms with Crippen molar-refractivity contribution in [3.63, 3.8) is 0 Å². The van der Waals surface area contributed by atoms with Crippen molar-refractivity contribution < 1.29 is 9.90 Å². The van der Waals surface area contributed by atoms with Crippen LogP contribution in [0.3, 0.4) is 0 Å². The molecule has 1 fully saturated rings. The van der Waals surface area contributed by atoms with E-state index in [1.807, 2.05) is 24.3 Å². The second-order valence-electron chi connectivity index (χ2n) is 5.90. The molecule has 1 N–H and O–H groups in total. The van der Waals surface area contributed by atoms with Gasteiger partial charge in [0.1, 0.15) is 0 Å². The average molecular weight is 259 g/mol. The molecule has 0 bridgehead atoms. The van der Waals surface area contributed by atoms with E-state index in [0.29, 0.717) is 13.0 Å². The molecular formula is C16H21NO2. The van der Waals surface area contributed by atoms with Gasteiger partial charge in [-0.25, -0.2) is 0 Å². The van der Waals surface area contributed by atoms with Gasteiger partial charge in [-0.05, 0) is 31.4 Å². The van der Waals surface area contributed by atoms with Crippen molar-refractivity contribution in [2.75, 3.05) is 18.0 Å². The number of Topliss-reactive ketones (excluding diaryl/α,β-unsaturated/α-hetero) is 1. The van der Waals surface area contributed by atoms with Crippen LogP contribution in [0.1, 0.15) is 48.9 Å². The highest BCUT2D eigenvalue weighted by Crippen LogP contribution is 2.34. The lowest BCUT2D eigenvalue weighted by molar-refractivity contribution is 0.0548. The summed E-state index contributed by atoms with van der Waals surface area (Å²) in [7, 11) is 0. The number of hydrogen-bond donors (Lipinski definition) is 1. The van der Waals surface area contributed by atoms with Crippen molar-refractivity contribution in [3.05, 3.63) is 29.8 Å². The fourth-order valence-electron chi connectivity index (χ4n) is 3.38. The number of rotatable bonds is 2. The molecule has 19 heavy (non-hydrogen) atoms. The Labute approximate surface area is 114 Å². The molecule has 1 aliphatic heterocycles. The molecule has 3 heteroatoms. The number of anilines is 1. The summed E-state index contributed by atoms with van der Waals surface area (Å²) >= 11 is 0. The molecule has 3 rings (SSSR count). The number of carbonyl (C=O) groups is 1. The third-order valence-electron chi connectivity index (χ3n) is 4.40. The Kier molecular flexibility index (Phi) is 3.31. The third kappa shape index (κ3) is 2.52. The lowest BCUT2D eigenvalue weighted by Gasteiger charge is -2.33. The second-order valence-corrected chi connectivity index (χ2v) is 5.90. The molecule has 0 unspecified atom stereocenters. The van der Waals surface area contributed by atoms with E-state index >= 15 is 0 Å². The summed E-state index contributed by atoms with van der Waals surface area (Å²) in [4.78, 5) is 14.3. The first kappa shape index (κ1) is 12.7. The van der Waals surface area contributed by atoms with E-state index in [2.05, 4.69) is 4.90 Å². The minimum atomic E-state index is -0.555. The van der Waals surface area contributed by atoms with Crippen LogP contribution in [0.5, 0.6) is 0 Å². The zero-order chi connectivity index (χ0) is 13.3. The van der Waals surface area contributed by atoms with Crippen molar-refractivity contribution in [2.24, 2.45) is 0 Å². The van der Waals surface area contributed by atoms with Gasteiger partial charge < -0.3 is 10.0 Å². The molecule has 1 heterocycles. The molecule has 0 amide bonds. The van der Waals surface area contributed by atoms with Gasteiger partial charge in [-0.3, -0.25) is 4.79 Å². The van der Waals surface area contributed by atoms with Gasteiger partial charge in [0.15, 0.2) is 5.78 Å². The van der Waals surface area contributed by atoms with E-state index in [1.165, 1.54) is 0 Å². The van der Waals surface area contributed by atoms with Gasteiger partial charge in [0.2, 0.25) is 0 Å². The summed E-state index contributed by atoms with van der Waals surface area (Å²) in [5, 5.41) is 10.6. The molecule has 0 saturated heterocycles. The minimum absolute atomic E-state index is 0.233. The fourth-order valence-corrected chi connectivity index (χ4v) is 3.38. The van der Waals surface area contributed by atoms with Crippen LogP contribution in [0.25, 0.3) is 0 Å². The first-order valence-electron chi connectivity index (χ1n) is 7.28. The molecule has 0 atom stereocenters. The molecule has 0 spiro atoms. The first-order chi connectivity index (χ1) is 9.18. The number of ketones is 1. The average Bonchev–Trinajstić information content (AvgIpc) is 2.77. The summed E-state index contributed by atoms with van der Waals surface area (Å²) in [5.41, 5.74) is 1.27. The number of para-hydroxylation sites is 1. The largest absolute Gasteiger partial charge is 0.388 e. The van der Waals surface area contributed by atoms with Crippen LogP contribution in [0.4, 0.5) is 5.69 Å². The smallest absolute Gasteiger partial charge is 0.165 e. The van der Waals surface area contributed by atoms with Crippen molar-refractivity contribution in [2.45, 2.75) is 44.1 Å². The van der Waals surface area contributed by atoms with E-state index in [1.54, 1.807) is 0 Å². The quantitative estimate of drug-likeness (QED) is 0.888. The Bertz CT molecular complexity index is 477. The normalized spacial score (nSPS) is 22.2. The van der Waals surface area contributed by atoms with Crippen LogP contribution >= 0.6 is 0 Å². The number of nitrogens with zero attached hydrogens (tertiary/aromatic N) is 1. The van der Waals surface area contributed by atoms with Gasteiger partial charge in [0.25, 0.3) is 0 Å². The highest BCUT2D eigenvalue weighted by atomic mass is 16.3. The van der Waals surface area contributed by atoms with E-state index in [4.69, 9.17) is 0 Å². The maximum Gasteiger partial charge on any atom is 0.165 e. The van der Waals surface area contributed by atoms with Crippen LogP contribution < -0.4 is 4.90 Å². The number of β-amino-alcohol motifs (C(OH)–C–C–N with tert-alkyl or cyclic N) is 1. The van der Waals surface area contributed by atoms with E-state index in [9.17, 15) is 9.90 Å². The van der Waals surface area contributed by atoms with Crippen LogP contribution in [-0.2, 0) is 0 Å².